The second-order valence-corrected chi connectivity index (χ2v) is 7.70. The fourth-order valence-corrected chi connectivity index (χ4v) is 3.54. The molecule has 0 atom stereocenters. The van der Waals surface area contributed by atoms with Gasteiger partial charge in [0.1, 0.15) is 11.5 Å². The Bertz CT molecular complexity index is 1460. The Balaban J connectivity index is 1.75. The number of aryl methyl sites for hydroxylation is 1. The smallest absolute Gasteiger partial charge is 0.417 e. The Morgan fingerprint density at radius 2 is 1.88 bits per heavy atom. The summed E-state index contributed by atoms with van der Waals surface area (Å²) in [5.41, 5.74) is -1.42. The molecule has 0 spiro atoms. The first-order chi connectivity index (χ1) is 15.0. The van der Waals surface area contributed by atoms with Crippen LogP contribution in [-0.4, -0.2) is 19.1 Å². The van der Waals surface area contributed by atoms with Crippen molar-refractivity contribution in [1.29, 1.82) is 0 Å². The molecule has 4 aromatic rings. The van der Waals surface area contributed by atoms with Crippen LogP contribution in [0.5, 0.6) is 11.5 Å². The minimum Gasteiger partial charge on any atom is -0.457 e. The van der Waals surface area contributed by atoms with Crippen LogP contribution in [0.2, 0.25) is 10.0 Å². The number of benzene rings is 2. The lowest BCUT2D eigenvalue weighted by atomic mass is 10.2. The molecule has 0 aliphatic rings. The van der Waals surface area contributed by atoms with Crippen LogP contribution < -0.4 is 16.0 Å². The molecule has 0 amide bonds. The highest BCUT2D eigenvalue weighted by atomic mass is 35.5. The number of alkyl halides is 3. The minimum absolute atomic E-state index is 0.0734. The monoisotopic (exact) mass is 484 g/mol. The van der Waals surface area contributed by atoms with Gasteiger partial charge >= 0.3 is 11.9 Å². The zero-order valence-corrected chi connectivity index (χ0v) is 17.7. The topological polar surface area (TPSA) is 81.9 Å². The van der Waals surface area contributed by atoms with Gasteiger partial charge in [0.15, 0.2) is 11.2 Å². The second kappa shape index (κ2) is 8.03. The van der Waals surface area contributed by atoms with Crippen molar-refractivity contribution in [2.75, 3.05) is 0 Å². The summed E-state index contributed by atoms with van der Waals surface area (Å²) in [5, 5.41) is -0.157. The van der Waals surface area contributed by atoms with E-state index in [1.165, 1.54) is 34.6 Å². The third-order valence-electron chi connectivity index (χ3n) is 4.72. The Morgan fingerprint density at radius 3 is 2.59 bits per heavy atom. The van der Waals surface area contributed by atoms with Crippen LogP contribution in [0, 0.1) is 0 Å². The molecule has 0 fully saturated rings. The summed E-state index contributed by atoms with van der Waals surface area (Å²) in [6, 6.07) is 7.81. The Hall–Kier alpha value is -3.24. The van der Waals surface area contributed by atoms with Gasteiger partial charge in [0, 0.05) is 17.6 Å². The summed E-state index contributed by atoms with van der Waals surface area (Å²) in [7, 11) is 1.47. The number of fused-ring (bicyclic) bond motifs is 1. The van der Waals surface area contributed by atoms with Crippen molar-refractivity contribution in [3.63, 3.8) is 0 Å². The molecule has 0 radical (unpaired) electrons. The van der Waals surface area contributed by atoms with E-state index in [4.69, 9.17) is 27.9 Å². The summed E-state index contributed by atoms with van der Waals surface area (Å²) in [6.07, 6.45) is -3.28. The highest BCUT2D eigenvalue weighted by Crippen LogP contribution is 2.38. The Kier molecular flexibility index (Phi) is 5.51. The normalized spacial score (nSPS) is 11.8. The molecule has 32 heavy (non-hydrogen) atoms. The molecule has 2 heterocycles. The number of rotatable bonds is 4. The predicted octanol–water partition coefficient (Wildman–Crippen LogP) is 4.59. The molecule has 166 valence electrons. The van der Waals surface area contributed by atoms with Crippen molar-refractivity contribution >= 4 is 34.4 Å². The van der Waals surface area contributed by atoms with E-state index >= 15 is 0 Å². The van der Waals surface area contributed by atoms with Gasteiger partial charge in [0.05, 0.1) is 23.5 Å². The number of imidazole rings is 1. The van der Waals surface area contributed by atoms with Crippen molar-refractivity contribution in [3.8, 4) is 11.5 Å². The first-order valence-corrected chi connectivity index (χ1v) is 9.77. The maximum absolute atomic E-state index is 13.2. The van der Waals surface area contributed by atoms with E-state index in [1.54, 1.807) is 12.1 Å². The average molecular weight is 485 g/mol. The van der Waals surface area contributed by atoms with Crippen molar-refractivity contribution < 1.29 is 17.9 Å². The molecule has 2 aromatic carbocycles. The molecule has 12 heteroatoms. The number of hydrogen-bond acceptors (Lipinski definition) is 4. The summed E-state index contributed by atoms with van der Waals surface area (Å²) >= 11 is 11.7. The number of aromatic nitrogens is 4. The van der Waals surface area contributed by atoms with E-state index in [1.807, 2.05) is 0 Å². The molecule has 0 unspecified atom stereocenters. The molecule has 0 saturated carbocycles. The summed E-state index contributed by atoms with van der Waals surface area (Å²) in [5.74, 6) is 0.0806. The van der Waals surface area contributed by atoms with E-state index in [-0.39, 0.29) is 29.2 Å². The van der Waals surface area contributed by atoms with E-state index in [9.17, 15) is 22.8 Å². The molecular formula is C20H13Cl2F3N4O3. The summed E-state index contributed by atoms with van der Waals surface area (Å²) in [6.45, 7) is 0.0734. The lowest BCUT2D eigenvalue weighted by Crippen LogP contribution is -2.29. The van der Waals surface area contributed by atoms with Gasteiger partial charge in [0.2, 0.25) is 0 Å². The van der Waals surface area contributed by atoms with Gasteiger partial charge in [-0.05, 0) is 30.3 Å². The van der Waals surface area contributed by atoms with E-state index < -0.39 is 28.0 Å². The molecular weight excluding hydrogens is 472 g/mol. The molecule has 7 nitrogen and oxygen atoms in total. The van der Waals surface area contributed by atoms with Crippen LogP contribution in [0.15, 0.2) is 52.3 Å². The molecule has 0 bridgehead atoms. The lowest BCUT2D eigenvalue weighted by molar-refractivity contribution is -0.137. The fraction of sp³-hybridized carbons (Fsp3) is 0.150. The number of aromatic amines is 1. The van der Waals surface area contributed by atoms with Gasteiger partial charge in [-0.3, -0.25) is 14.3 Å². The number of nitrogens with zero attached hydrogens (tertiary/aromatic N) is 3. The van der Waals surface area contributed by atoms with Gasteiger partial charge in [-0.25, -0.2) is 9.78 Å². The third kappa shape index (κ3) is 4.11. The number of hydrogen-bond donors (Lipinski definition) is 1. The molecule has 2 aromatic heterocycles. The number of ether oxygens (including phenoxy) is 1. The highest BCUT2D eigenvalue weighted by molar-refractivity contribution is 6.31. The largest absolute Gasteiger partial charge is 0.457 e. The molecule has 0 saturated heterocycles. The summed E-state index contributed by atoms with van der Waals surface area (Å²) < 4.78 is 47.9. The Labute approximate surface area is 187 Å². The first-order valence-electron chi connectivity index (χ1n) is 9.02. The SMILES string of the molecule is Cn1c(=O)[nH]c(=O)c2c1ncn2Cc1ccc(Cl)cc1Oc1ccc(Cl)c(C(F)(F)F)c1. The highest BCUT2D eigenvalue weighted by Gasteiger charge is 2.33. The average Bonchev–Trinajstić information content (AvgIpc) is 3.13. The number of halogens is 5. The van der Waals surface area contributed by atoms with Gasteiger partial charge in [-0.15, -0.1) is 0 Å². The van der Waals surface area contributed by atoms with E-state index in [0.29, 0.717) is 10.6 Å². The molecule has 0 aliphatic heterocycles. The van der Waals surface area contributed by atoms with Crippen LogP contribution in [0.1, 0.15) is 11.1 Å². The number of nitrogens with one attached hydrogen (secondary N) is 1. The van der Waals surface area contributed by atoms with E-state index in [2.05, 4.69) is 9.97 Å². The first kappa shape index (κ1) is 22.0. The second-order valence-electron chi connectivity index (χ2n) is 6.86. The predicted molar refractivity (Wildman–Crippen MR) is 113 cm³/mol. The lowest BCUT2D eigenvalue weighted by Gasteiger charge is -2.15. The molecule has 4 rings (SSSR count). The van der Waals surface area contributed by atoms with Gasteiger partial charge < -0.3 is 9.30 Å². The van der Waals surface area contributed by atoms with Crippen LogP contribution >= 0.6 is 23.2 Å². The zero-order chi connectivity index (χ0) is 23.2. The van der Waals surface area contributed by atoms with Crippen molar-refractivity contribution in [2.24, 2.45) is 7.05 Å². The maximum atomic E-state index is 13.2. The fourth-order valence-electron chi connectivity index (χ4n) is 3.15. The molecule has 0 aliphatic carbocycles. The standard InChI is InChI=1S/C20H13Cl2F3N4O3/c1-28-17-16(18(30)27-19(28)31)29(9-26-17)8-10-2-3-11(21)6-15(10)32-12-4-5-14(22)13(7-12)20(23,24)25/h2-7,9H,8H2,1H3,(H,27,30,31). The summed E-state index contributed by atoms with van der Waals surface area (Å²) in [4.78, 5) is 30.4. The maximum Gasteiger partial charge on any atom is 0.417 e. The van der Waals surface area contributed by atoms with Crippen molar-refractivity contribution in [2.45, 2.75) is 12.7 Å². The van der Waals surface area contributed by atoms with Gasteiger partial charge in [-0.1, -0.05) is 29.3 Å². The van der Waals surface area contributed by atoms with Gasteiger partial charge in [-0.2, -0.15) is 13.2 Å². The third-order valence-corrected chi connectivity index (χ3v) is 5.28. The van der Waals surface area contributed by atoms with E-state index in [0.717, 1.165) is 12.1 Å². The zero-order valence-electron chi connectivity index (χ0n) is 16.2. The van der Waals surface area contributed by atoms with Gasteiger partial charge in [0.25, 0.3) is 5.56 Å². The minimum atomic E-state index is -4.65. The van der Waals surface area contributed by atoms with Crippen molar-refractivity contribution in [3.05, 3.63) is 84.7 Å². The van der Waals surface area contributed by atoms with Crippen molar-refractivity contribution in [1.82, 2.24) is 19.1 Å². The van der Waals surface area contributed by atoms with Crippen LogP contribution in [0.25, 0.3) is 11.2 Å². The quantitative estimate of drug-likeness (QED) is 0.459. The van der Waals surface area contributed by atoms with Crippen LogP contribution in [0.3, 0.4) is 0 Å². The number of H-pyrrole nitrogens is 1. The molecule has 1 N–H and O–H groups in total. The van der Waals surface area contributed by atoms with Crippen LogP contribution in [0.4, 0.5) is 13.2 Å². The Morgan fingerprint density at radius 1 is 1.12 bits per heavy atom. The van der Waals surface area contributed by atoms with Crippen LogP contribution in [-0.2, 0) is 19.8 Å².